The molecule has 88 valence electrons. The zero-order chi connectivity index (χ0) is 12.3. The van der Waals surface area contributed by atoms with Crippen molar-refractivity contribution in [2.75, 3.05) is 12.1 Å². The van der Waals surface area contributed by atoms with Gasteiger partial charge in [0, 0.05) is 18.4 Å². The maximum atomic E-state index is 4.43. The fourth-order valence-corrected chi connectivity index (χ4v) is 1.73. The molecule has 1 aromatic carbocycles. The van der Waals surface area contributed by atoms with Crippen LogP contribution in [0, 0.1) is 13.8 Å². The van der Waals surface area contributed by atoms with Crippen LogP contribution in [-0.4, -0.2) is 17.0 Å². The molecular weight excluding hydrogens is 212 g/mol. The van der Waals surface area contributed by atoms with Crippen molar-refractivity contribution in [2.45, 2.75) is 13.8 Å². The van der Waals surface area contributed by atoms with E-state index in [1.165, 1.54) is 0 Å². The number of aryl methyl sites for hydroxylation is 2. The number of hydrazine groups is 1. The molecule has 0 bridgehead atoms. The summed E-state index contributed by atoms with van der Waals surface area (Å²) in [5.74, 6) is 0.663. The quantitative estimate of drug-likeness (QED) is 0.819. The van der Waals surface area contributed by atoms with Crippen molar-refractivity contribution >= 4 is 11.6 Å². The molecule has 2 rings (SSSR count). The molecule has 4 heteroatoms. The Morgan fingerprint density at radius 2 is 1.59 bits per heavy atom. The van der Waals surface area contributed by atoms with Gasteiger partial charge in [-0.3, -0.25) is 0 Å². The lowest BCUT2D eigenvalue weighted by Crippen LogP contribution is -2.31. The molecule has 0 radical (unpaired) electrons. The van der Waals surface area contributed by atoms with Gasteiger partial charge in [0.05, 0.1) is 5.69 Å². The Labute approximate surface area is 101 Å². The van der Waals surface area contributed by atoms with E-state index in [-0.39, 0.29) is 0 Å². The van der Waals surface area contributed by atoms with Crippen molar-refractivity contribution in [3.63, 3.8) is 0 Å². The van der Waals surface area contributed by atoms with Crippen LogP contribution >= 0.6 is 0 Å². The third-order valence-corrected chi connectivity index (χ3v) is 2.41. The van der Waals surface area contributed by atoms with E-state index in [2.05, 4.69) is 15.4 Å². The second-order valence-electron chi connectivity index (χ2n) is 3.85. The first kappa shape index (κ1) is 11.5. The lowest BCUT2D eigenvalue weighted by Gasteiger charge is -2.21. The summed E-state index contributed by atoms with van der Waals surface area (Å²) in [6, 6.07) is 11.9. The number of nitrogens with one attached hydrogen (secondary N) is 1. The van der Waals surface area contributed by atoms with Crippen molar-refractivity contribution in [1.82, 2.24) is 15.4 Å². The van der Waals surface area contributed by atoms with Crippen LogP contribution in [-0.2, 0) is 0 Å². The van der Waals surface area contributed by atoms with E-state index >= 15 is 0 Å². The van der Waals surface area contributed by atoms with Gasteiger partial charge in [-0.05, 0) is 32.0 Å². The Bertz CT molecular complexity index is 476. The van der Waals surface area contributed by atoms with Crippen molar-refractivity contribution in [3.05, 3.63) is 47.8 Å². The molecule has 0 saturated heterocycles. The molecule has 0 fully saturated rings. The van der Waals surface area contributed by atoms with Gasteiger partial charge >= 0.3 is 0 Å². The summed E-state index contributed by atoms with van der Waals surface area (Å²) in [6.07, 6.45) is 0. The third-order valence-electron chi connectivity index (χ3n) is 2.41. The minimum atomic E-state index is 0.663. The summed E-state index contributed by atoms with van der Waals surface area (Å²) >= 11 is 0. The Morgan fingerprint density at radius 1 is 1.00 bits per heavy atom. The highest BCUT2D eigenvalue weighted by molar-refractivity contribution is 5.55. The minimum Gasteiger partial charge on any atom is -0.244 e. The molecule has 4 nitrogen and oxygen atoms in total. The molecular formula is C13H16N4. The molecule has 0 spiro atoms. The number of rotatable bonds is 3. The molecule has 0 saturated carbocycles. The summed E-state index contributed by atoms with van der Waals surface area (Å²) in [4.78, 5) is 8.87. The second-order valence-corrected chi connectivity index (χ2v) is 3.85. The Morgan fingerprint density at radius 3 is 2.12 bits per heavy atom. The van der Waals surface area contributed by atoms with Crippen molar-refractivity contribution in [2.24, 2.45) is 0 Å². The zero-order valence-corrected chi connectivity index (χ0v) is 10.3. The van der Waals surface area contributed by atoms with Crippen molar-refractivity contribution < 1.29 is 0 Å². The molecule has 1 N–H and O–H groups in total. The Kier molecular flexibility index (Phi) is 3.35. The monoisotopic (exact) mass is 228 g/mol. The lowest BCUT2D eigenvalue weighted by molar-refractivity contribution is 0.790. The van der Waals surface area contributed by atoms with Crippen LogP contribution in [0.25, 0.3) is 0 Å². The number of nitrogens with zero attached hydrogens (tertiary/aromatic N) is 3. The van der Waals surface area contributed by atoms with Gasteiger partial charge in [0.2, 0.25) is 5.95 Å². The average Bonchev–Trinajstić information content (AvgIpc) is 2.30. The van der Waals surface area contributed by atoms with Crippen LogP contribution in [0.5, 0.6) is 0 Å². The number of anilines is 2. The number of aromatic nitrogens is 2. The van der Waals surface area contributed by atoms with Crippen molar-refractivity contribution in [3.8, 4) is 0 Å². The van der Waals surface area contributed by atoms with Crippen LogP contribution in [0.15, 0.2) is 36.4 Å². The molecule has 17 heavy (non-hydrogen) atoms. The minimum absolute atomic E-state index is 0.663. The topological polar surface area (TPSA) is 41.0 Å². The van der Waals surface area contributed by atoms with Crippen LogP contribution in [0.3, 0.4) is 0 Å². The van der Waals surface area contributed by atoms with Gasteiger partial charge < -0.3 is 0 Å². The summed E-state index contributed by atoms with van der Waals surface area (Å²) in [6.45, 7) is 3.94. The van der Waals surface area contributed by atoms with E-state index in [9.17, 15) is 0 Å². The summed E-state index contributed by atoms with van der Waals surface area (Å²) in [5.41, 5.74) is 6.03. The van der Waals surface area contributed by atoms with Gasteiger partial charge in [0.15, 0.2) is 0 Å². The summed E-state index contributed by atoms with van der Waals surface area (Å²) < 4.78 is 0. The largest absolute Gasteiger partial charge is 0.245 e. The molecule has 0 unspecified atom stereocenters. The van der Waals surface area contributed by atoms with Crippen LogP contribution in [0.1, 0.15) is 11.4 Å². The predicted molar refractivity (Wildman–Crippen MR) is 69.1 cm³/mol. The second kappa shape index (κ2) is 4.93. The fourth-order valence-electron chi connectivity index (χ4n) is 1.73. The third kappa shape index (κ3) is 2.60. The summed E-state index contributed by atoms with van der Waals surface area (Å²) in [7, 11) is 1.86. The van der Waals surface area contributed by atoms with E-state index < -0.39 is 0 Å². The molecule has 0 aliphatic heterocycles. The number of hydrogen-bond acceptors (Lipinski definition) is 4. The van der Waals surface area contributed by atoms with Gasteiger partial charge in [-0.25, -0.2) is 20.4 Å². The van der Waals surface area contributed by atoms with E-state index in [0.717, 1.165) is 17.1 Å². The molecule has 2 aromatic rings. The van der Waals surface area contributed by atoms with Gasteiger partial charge in [0.1, 0.15) is 0 Å². The van der Waals surface area contributed by atoms with E-state index in [4.69, 9.17) is 0 Å². The van der Waals surface area contributed by atoms with Crippen LogP contribution in [0.2, 0.25) is 0 Å². The normalized spacial score (nSPS) is 10.3. The van der Waals surface area contributed by atoms with Gasteiger partial charge in [-0.1, -0.05) is 18.2 Å². The van der Waals surface area contributed by atoms with Gasteiger partial charge in [-0.2, -0.15) is 0 Å². The van der Waals surface area contributed by atoms with Crippen molar-refractivity contribution in [1.29, 1.82) is 0 Å². The number of para-hydroxylation sites is 1. The maximum Gasteiger partial charge on any atom is 0.245 e. The lowest BCUT2D eigenvalue weighted by atomic mass is 10.3. The highest BCUT2D eigenvalue weighted by atomic mass is 15.5. The number of benzene rings is 1. The summed E-state index contributed by atoms with van der Waals surface area (Å²) in [5, 5.41) is 1.86. The molecule has 1 aromatic heterocycles. The highest BCUT2D eigenvalue weighted by Gasteiger charge is 2.10. The van der Waals surface area contributed by atoms with E-state index in [1.807, 2.05) is 62.3 Å². The first-order valence-electron chi connectivity index (χ1n) is 5.55. The SMILES string of the molecule is CNN(c1ccccc1)c1nc(C)cc(C)n1. The molecule has 0 aliphatic rings. The van der Waals surface area contributed by atoms with E-state index in [1.54, 1.807) is 0 Å². The zero-order valence-electron chi connectivity index (χ0n) is 10.3. The molecule has 1 heterocycles. The number of hydrogen-bond donors (Lipinski definition) is 1. The van der Waals surface area contributed by atoms with Crippen LogP contribution in [0.4, 0.5) is 11.6 Å². The van der Waals surface area contributed by atoms with Gasteiger partial charge in [0.25, 0.3) is 0 Å². The maximum absolute atomic E-state index is 4.43. The standard InChI is InChI=1S/C13H16N4/c1-10-9-11(2)16-13(15-10)17(14-3)12-7-5-4-6-8-12/h4-9,14H,1-3H3. The van der Waals surface area contributed by atoms with E-state index in [0.29, 0.717) is 5.95 Å². The molecule has 0 amide bonds. The Hall–Kier alpha value is -1.94. The van der Waals surface area contributed by atoms with Gasteiger partial charge in [-0.15, -0.1) is 0 Å². The molecule has 0 aliphatic carbocycles. The Balaban J connectivity index is 2.42. The average molecular weight is 228 g/mol. The highest BCUT2D eigenvalue weighted by Crippen LogP contribution is 2.19. The predicted octanol–water partition coefficient (Wildman–Crippen LogP) is 2.37. The fraction of sp³-hybridized carbons (Fsp3) is 0.231. The smallest absolute Gasteiger partial charge is 0.244 e. The van der Waals surface area contributed by atoms with Crippen LogP contribution < -0.4 is 10.4 Å². The molecule has 0 atom stereocenters. The first-order chi connectivity index (χ1) is 8.20. The first-order valence-corrected chi connectivity index (χ1v) is 5.55.